The number of nitrogens with zero attached hydrogens (tertiary/aromatic N) is 1. The van der Waals surface area contributed by atoms with Crippen LogP contribution in [-0.4, -0.2) is 53.4 Å². The van der Waals surface area contributed by atoms with Gasteiger partial charge < -0.3 is 14.7 Å². The van der Waals surface area contributed by atoms with Gasteiger partial charge in [-0.1, -0.05) is 12.1 Å². The number of hydrogen-bond donors (Lipinski definition) is 1. The van der Waals surface area contributed by atoms with Gasteiger partial charge >= 0.3 is 5.97 Å². The van der Waals surface area contributed by atoms with Crippen molar-refractivity contribution in [3.8, 4) is 0 Å². The molecule has 1 aromatic rings. The third kappa shape index (κ3) is 3.13. The topological polar surface area (TPSA) is 66.8 Å². The number of ether oxygens (including phenoxy) is 1. The highest BCUT2D eigenvalue weighted by molar-refractivity contribution is 7.98. The Morgan fingerprint density at radius 3 is 2.65 bits per heavy atom. The van der Waals surface area contributed by atoms with Crippen LogP contribution in [0.4, 0.5) is 0 Å². The Balaban J connectivity index is 1.98. The maximum absolute atomic E-state index is 12.4. The van der Waals surface area contributed by atoms with Crippen LogP contribution in [0.1, 0.15) is 17.3 Å². The number of carboxylic acid groups (broad SMARTS) is 1. The van der Waals surface area contributed by atoms with E-state index in [0.717, 1.165) is 4.90 Å². The monoisotopic (exact) mass is 295 g/mol. The van der Waals surface area contributed by atoms with Crippen molar-refractivity contribution >= 4 is 23.6 Å². The van der Waals surface area contributed by atoms with E-state index in [2.05, 4.69) is 0 Å². The normalized spacial score (nSPS) is 16.6. The fourth-order valence-electron chi connectivity index (χ4n) is 2.22. The van der Waals surface area contributed by atoms with Gasteiger partial charge in [-0.3, -0.25) is 4.79 Å². The van der Waals surface area contributed by atoms with Crippen LogP contribution in [0.3, 0.4) is 0 Å². The lowest BCUT2D eigenvalue weighted by molar-refractivity contribution is -0.159. The van der Waals surface area contributed by atoms with Gasteiger partial charge in [0.15, 0.2) is 0 Å². The smallest absolute Gasteiger partial charge is 0.329 e. The SMILES string of the molecule is CSc1ccccc1C(=O)N1CC(C)(OCC(=O)O)C1. The summed E-state index contributed by atoms with van der Waals surface area (Å²) in [7, 11) is 0. The van der Waals surface area contributed by atoms with Crippen LogP contribution in [-0.2, 0) is 9.53 Å². The predicted molar refractivity (Wildman–Crippen MR) is 76.1 cm³/mol. The molecule has 1 amide bonds. The summed E-state index contributed by atoms with van der Waals surface area (Å²) in [5.41, 5.74) is 0.128. The molecule has 0 aromatic heterocycles. The van der Waals surface area contributed by atoms with Gasteiger partial charge in [-0.05, 0) is 25.3 Å². The van der Waals surface area contributed by atoms with E-state index < -0.39 is 11.6 Å². The van der Waals surface area contributed by atoms with E-state index in [0.29, 0.717) is 18.7 Å². The van der Waals surface area contributed by atoms with Crippen LogP contribution in [0.5, 0.6) is 0 Å². The maximum atomic E-state index is 12.4. The summed E-state index contributed by atoms with van der Waals surface area (Å²) in [6.07, 6.45) is 1.93. The zero-order valence-corrected chi connectivity index (χ0v) is 12.3. The summed E-state index contributed by atoms with van der Waals surface area (Å²) in [6, 6.07) is 7.46. The molecule has 1 aliphatic rings. The highest BCUT2D eigenvalue weighted by Gasteiger charge is 2.43. The summed E-state index contributed by atoms with van der Waals surface area (Å²) in [5, 5.41) is 8.61. The van der Waals surface area contributed by atoms with E-state index in [1.165, 1.54) is 11.8 Å². The number of amides is 1. The molecule has 1 fully saturated rings. The molecule has 0 spiro atoms. The Morgan fingerprint density at radius 1 is 1.40 bits per heavy atom. The van der Waals surface area contributed by atoms with Crippen molar-refractivity contribution in [1.82, 2.24) is 4.90 Å². The summed E-state index contributed by atoms with van der Waals surface area (Å²) in [5.74, 6) is -1.03. The quantitative estimate of drug-likeness (QED) is 0.838. The lowest BCUT2D eigenvalue weighted by Crippen LogP contribution is -2.63. The molecule has 0 radical (unpaired) electrons. The Labute approximate surface area is 121 Å². The molecule has 1 heterocycles. The standard InChI is InChI=1S/C14H17NO4S/c1-14(19-7-12(16)17)8-15(9-14)13(18)10-5-3-4-6-11(10)20-2/h3-6H,7-9H2,1-2H3,(H,16,17). The van der Waals surface area contributed by atoms with Gasteiger partial charge in [-0.2, -0.15) is 0 Å². The average Bonchev–Trinajstić information content (AvgIpc) is 2.41. The molecule has 108 valence electrons. The third-order valence-electron chi connectivity index (χ3n) is 3.22. The number of carboxylic acids is 1. The van der Waals surface area contributed by atoms with E-state index in [1.807, 2.05) is 37.4 Å². The van der Waals surface area contributed by atoms with Crippen molar-refractivity contribution in [1.29, 1.82) is 0 Å². The van der Waals surface area contributed by atoms with E-state index in [-0.39, 0.29) is 12.5 Å². The lowest BCUT2D eigenvalue weighted by atomic mass is 9.95. The first kappa shape index (κ1) is 14.9. The first-order chi connectivity index (χ1) is 9.45. The van der Waals surface area contributed by atoms with Crippen molar-refractivity contribution in [2.45, 2.75) is 17.4 Å². The Bertz CT molecular complexity index is 526. The van der Waals surface area contributed by atoms with Crippen LogP contribution in [0.25, 0.3) is 0 Å². The Kier molecular flexibility index (Phi) is 4.35. The first-order valence-electron chi connectivity index (χ1n) is 6.23. The van der Waals surface area contributed by atoms with Gasteiger partial charge in [0.25, 0.3) is 5.91 Å². The number of aliphatic carboxylic acids is 1. The molecule has 1 N–H and O–H groups in total. The molecule has 0 bridgehead atoms. The molecule has 0 atom stereocenters. The molecule has 6 heteroatoms. The molecule has 20 heavy (non-hydrogen) atoms. The molecule has 2 rings (SSSR count). The van der Waals surface area contributed by atoms with Crippen molar-refractivity contribution in [3.05, 3.63) is 29.8 Å². The van der Waals surface area contributed by atoms with Gasteiger partial charge in [0, 0.05) is 4.90 Å². The number of carbonyl (C=O) groups excluding carboxylic acids is 1. The van der Waals surface area contributed by atoms with Gasteiger partial charge in [-0.15, -0.1) is 11.8 Å². The molecule has 0 aliphatic carbocycles. The van der Waals surface area contributed by atoms with Gasteiger partial charge in [0.05, 0.1) is 18.7 Å². The molecular formula is C14H17NO4S. The number of hydrogen-bond acceptors (Lipinski definition) is 4. The molecule has 1 aliphatic heterocycles. The lowest BCUT2D eigenvalue weighted by Gasteiger charge is -2.47. The molecular weight excluding hydrogens is 278 g/mol. The minimum atomic E-state index is -0.997. The summed E-state index contributed by atoms with van der Waals surface area (Å²) < 4.78 is 5.30. The number of rotatable bonds is 5. The highest BCUT2D eigenvalue weighted by atomic mass is 32.2. The minimum Gasteiger partial charge on any atom is -0.480 e. The second-order valence-electron chi connectivity index (χ2n) is 4.99. The first-order valence-corrected chi connectivity index (χ1v) is 7.46. The van der Waals surface area contributed by atoms with Gasteiger partial charge in [-0.25, -0.2) is 4.79 Å². The Hall–Kier alpha value is -1.53. The number of benzene rings is 1. The highest BCUT2D eigenvalue weighted by Crippen LogP contribution is 2.29. The van der Waals surface area contributed by atoms with Crippen LogP contribution in [0.15, 0.2) is 29.2 Å². The minimum absolute atomic E-state index is 0.0358. The fraction of sp³-hybridized carbons (Fsp3) is 0.429. The van der Waals surface area contributed by atoms with Crippen molar-refractivity contribution in [2.75, 3.05) is 26.0 Å². The fourth-order valence-corrected chi connectivity index (χ4v) is 2.81. The zero-order chi connectivity index (χ0) is 14.8. The maximum Gasteiger partial charge on any atom is 0.329 e. The van der Waals surface area contributed by atoms with E-state index >= 15 is 0 Å². The van der Waals surface area contributed by atoms with Crippen LogP contribution in [0.2, 0.25) is 0 Å². The zero-order valence-electron chi connectivity index (χ0n) is 11.5. The van der Waals surface area contributed by atoms with Gasteiger partial charge in [0.2, 0.25) is 0 Å². The molecule has 5 nitrogen and oxygen atoms in total. The van der Waals surface area contributed by atoms with Crippen molar-refractivity contribution in [3.63, 3.8) is 0 Å². The number of thioether (sulfide) groups is 1. The summed E-state index contributed by atoms with van der Waals surface area (Å²) >= 11 is 1.53. The third-order valence-corrected chi connectivity index (χ3v) is 4.02. The van der Waals surface area contributed by atoms with Crippen LogP contribution < -0.4 is 0 Å². The largest absolute Gasteiger partial charge is 0.480 e. The van der Waals surface area contributed by atoms with E-state index in [4.69, 9.17) is 9.84 Å². The van der Waals surface area contributed by atoms with E-state index in [9.17, 15) is 9.59 Å². The second kappa shape index (κ2) is 5.85. The summed E-state index contributed by atoms with van der Waals surface area (Å²) in [4.78, 5) is 25.5. The number of carbonyl (C=O) groups is 2. The summed E-state index contributed by atoms with van der Waals surface area (Å²) in [6.45, 7) is 2.32. The van der Waals surface area contributed by atoms with Gasteiger partial charge in [0.1, 0.15) is 12.2 Å². The van der Waals surface area contributed by atoms with Crippen molar-refractivity contribution in [2.24, 2.45) is 0 Å². The molecule has 1 saturated heterocycles. The molecule has 1 aromatic carbocycles. The Morgan fingerprint density at radius 2 is 2.05 bits per heavy atom. The average molecular weight is 295 g/mol. The molecule has 0 saturated carbocycles. The van der Waals surface area contributed by atoms with E-state index in [1.54, 1.807) is 4.90 Å². The van der Waals surface area contributed by atoms with Crippen LogP contribution in [0, 0.1) is 0 Å². The second-order valence-corrected chi connectivity index (χ2v) is 5.84. The van der Waals surface area contributed by atoms with Crippen molar-refractivity contribution < 1.29 is 19.4 Å². The number of likely N-dealkylation sites (tertiary alicyclic amines) is 1. The predicted octanol–water partition coefficient (Wildman–Crippen LogP) is 1.72. The van der Waals surface area contributed by atoms with Crippen LogP contribution >= 0.6 is 11.8 Å². The molecule has 0 unspecified atom stereocenters.